The fraction of sp³-hybridized carbons (Fsp3) is 0.478. The van der Waals surface area contributed by atoms with Crippen LogP contribution < -0.4 is 26.2 Å². The van der Waals surface area contributed by atoms with Crippen LogP contribution in [0.25, 0.3) is 0 Å². The molecular formula is C23H35IN6OS. The molecule has 0 unspecified atom stereocenters. The first-order valence-electron chi connectivity index (χ1n) is 11.0. The number of nitrogens with zero attached hydrogens (tertiary/aromatic N) is 2. The van der Waals surface area contributed by atoms with Crippen LogP contribution in [0.15, 0.2) is 46.8 Å². The van der Waals surface area contributed by atoms with Crippen molar-refractivity contribution in [2.75, 3.05) is 29.9 Å². The number of anilines is 2. The number of carbonyl (C=O) groups is 1. The Hall–Kier alpha value is -2.01. The maximum atomic E-state index is 11.8. The lowest BCUT2D eigenvalue weighted by molar-refractivity contribution is 0.250. The van der Waals surface area contributed by atoms with E-state index in [4.69, 9.17) is 4.99 Å². The summed E-state index contributed by atoms with van der Waals surface area (Å²) in [6.45, 7) is 9.50. The first-order chi connectivity index (χ1) is 15.0. The zero-order chi connectivity index (χ0) is 22.1. The monoisotopic (exact) mass is 570 g/mol. The highest BCUT2D eigenvalue weighted by molar-refractivity contribution is 14.0. The van der Waals surface area contributed by atoms with Crippen molar-refractivity contribution in [1.29, 1.82) is 0 Å². The average molecular weight is 571 g/mol. The molecule has 1 aliphatic heterocycles. The van der Waals surface area contributed by atoms with Crippen LogP contribution in [0.4, 0.5) is 15.5 Å². The van der Waals surface area contributed by atoms with E-state index in [2.05, 4.69) is 50.6 Å². The van der Waals surface area contributed by atoms with E-state index in [9.17, 15) is 4.79 Å². The normalized spacial score (nSPS) is 14.6. The summed E-state index contributed by atoms with van der Waals surface area (Å²) in [5.74, 6) is 0.857. The molecule has 0 saturated carbocycles. The van der Waals surface area contributed by atoms with Crippen molar-refractivity contribution in [2.24, 2.45) is 4.99 Å². The summed E-state index contributed by atoms with van der Waals surface area (Å²) < 4.78 is 0. The van der Waals surface area contributed by atoms with Gasteiger partial charge in [-0.05, 0) is 68.8 Å². The molecule has 0 spiro atoms. The first-order valence-corrected chi connectivity index (χ1v) is 11.9. The Bertz CT molecular complexity index is 833. The summed E-state index contributed by atoms with van der Waals surface area (Å²) in [6.07, 6.45) is 2.20. The topological polar surface area (TPSA) is 80.8 Å². The van der Waals surface area contributed by atoms with Gasteiger partial charge in [-0.2, -0.15) is 0 Å². The van der Waals surface area contributed by atoms with Gasteiger partial charge < -0.3 is 26.2 Å². The summed E-state index contributed by atoms with van der Waals surface area (Å²) in [5, 5.41) is 16.1. The molecule has 2 amide bonds. The number of thiophene rings is 1. The van der Waals surface area contributed by atoms with E-state index in [1.165, 1.54) is 5.00 Å². The number of halogens is 1. The molecule has 0 radical (unpaired) electrons. The van der Waals surface area contributed by atoms with Gasteiger partial charge >= 0.3 is 6.03 Å². The number of hydrogen-bond donors (Lipinski definition) is 4. The molecule has 0 aliphatic carbocycles. The molecule has 176 valence electrons. The van der Waals surface area contributed by atoms with Crippen LogP contribution in [0.1, 0.15) is 39.2 Å². The third-order valence-corrected chi connectivity index (χ3v) is 5.98. The molecule has 1 saturated heterocycles. The van der Waals surface area contributed by atoms with Crippen molar-refractivity contribution in [3.63, 3.8) is 0 Å². The Morgan fingerprint density at radius 2 is 1.91 bits per heavy atom. The first kappa shape index (κ1) is 26.2. The number of nitrogens with one attached hydrogen (secondary N) is 4. The van der Waals surface area contributed by atoms with Crippen molar-refractivity contribution in [1.82, 2.24) is 16.0 Å². The summed E-state index contributed by atoms with van der Waals surface area (Å²) >= 11 is 1.81. The van der Waals surface area contributed by atoms with Crippen molar-refractivity contribution < 1.29 is 4.79 Å². The highest BCUT2D eigenvalue weighted by Gasteiger charge is 2.20. The minimum Gasteiger partial charge on any atom is -0.363 e. The van der Waals surface area contributed by atoms with Gasteiger partial charge in [0.25, 0.3) is 0 Å². The zero-order valence-corrected chi connectivity index (χ0v) is 22.2. The Labute approximate surface area is 212 Å². The highest BCUT2D eigenvalue weighted by atomic mass is 127. The smallest absolute Gasteiger partial charge is 0.319 e. The van der Waals surface area contributed by atoms with Crippen molar-refractivity contribution in [3.8, 4) is 0 Å². The van der Waals surface area contributed by atoms with Crippen LogP contribution in [-0.4, -0.2) is 43.7 Å². The van der Waals surface area contributed by atoms with Gasteiger partial charge in [0.2, 0.25) is 0 Å². The van der Waals surface area contributed by atoms with Gasteiger partial charge in [0, 0.05) is 37.4 Å². The van der Waals surface area contributed by atoms with E-state index in [0.717, 1.165) is 49.7 Å². The van der Waals surface area contributed by atoms with Crippen molar-refractivity contribution in [2.45, 2.75) is 52.2 Å². The number of rotatable bonds is 7. The summed E-state index contributed by atoms with van der Waals surface area (Å²) in [7, 11) is 0. The number of urea groups is 1. The van der Waals surface area contributed by atoms with Gasteiger partial charge in [-0.25, -0.2) is 9.79 Å². The van der Waals surface area contributed by atoms with Gasteiger partial charge in [-0.15, -0.1) is 35.3 Å². The molecule has 1 fully saturated rings. The summed E-state index contributed by atoms with van der Waals surface area (Å²) in [5.41, 5.74) is 1.87. The largest absolute Gasteiger partial charge is 0.363 e. The quantitative estimate of drug-likeness (QED) is 0.223. The van der Waals surface area contributed by atoms with Crippen molar-refractivity contribution >= 4 is 58.0 Å². The maximum Gasteiger partial charge on any atom is 0.319 e. The van der Waals surface area contributed by atoms with Crippen LogP contribution in [0.3, 0.4) is 0 Å². The number of aliphatic imine (C=N–C) groups is 1. The van der Waals surface area contributed by atoms with E-state index in [1.807, 2.05) is 49.4 Å². The molecule has 4 N–H and O–H groups in total. The molecule has 1 aromatic carbocycles. The van der Waals surface area contributed by atoms with E-state index >= 15 is 0 Å². The van der Waals surface area contributed by atoms with Crippen LogP contribution >= 0.6 is 35.3 Å². The van der Waals surface area contributed by atoms with Gasteiger partial charge in [0.15, 0.2) is 5.96 Å². The molecule has 1 aliphatic rings. The van der Waals surface area contributed by atoms with Gasteiger partial charge in [0.1, 0.15) is 0 Å². The molecule has 2 aromatic rings. The molecule has 2 heterocycles. The van der Waals surface area contributed by atoms with Crippen LogP contribution in [0.5, 0.6) is 0 Å². The third-order valence-electron chi connectivity index (χ3n) is 5.05. The predicted octanol–water partition coefficient (Wildman–Crippen LogP) is 4.62. The second-order valence-corrected chi connectivity index (χ2v) is 8.93. The Balaban J connectivity index is 0.00000363. The highest BCUT2D eigenvalue weighted by Crippen LogP contribution is 2.24. The van der Waals surface area contributed by atoms with Crippen LogP contribution in [0, 0.1) is 0 Å². The Kier molecular flexibility index (Phi) is 11.1. The lowest BCUT2D eigenvalue weighted by Crippen LogP contribution is -2.48. The number of amides is 2. The molecular weight excluding hydrogens is 535 g/mol. The number of carbonyl (C=O) groups excluding carboxylic acids is 1. The minimum absolute atomic E-state index is 0. The number of hydrogen-bond acceptors (Lipinski definition) is 4. The van der Waals surface area contributed by atoms with Crippen LogP contribution in [0.2, 0.25) is 0 Å². The maximum absolute atomic E-state index is 11.8. The van der Waals surface area contributed by atoms with Crippen LogP contribution in [-0.2, 0) is 6.54 Å². The predicted molar refractivity (Wildman–Crippen MR) is 147 cm³/mol. The standard InChI is InChI=1S/C23H34N6OS.HI/c1-4-24-22(27-20-11-13-29(14-12-20)21-6-5-15-31-21)25-16-18-7-9-19(10-8-18)28-23(30)26-17(2)3;/h5-10,15,17,20H,4,11-14,16H2,1-3H3,(H2,24,25,27)(H2,26,28,30);1H. The average Bonchev–Trinajstić information content (AvgIpc) is 3.28. The molecule has 0 bridgehead atoms. The lowest BCUT2D eigenvalue weighted by Gasteiger charge is -2.33. The second-order valence-electron chi connectivity index (χ2n) is 8.00. The van der Waals surface area contributed by atoms with Gasteiger partial charge in [0.05, 0.1) is 11.5 Å². The Morgan fingerprint density at radius 1 is 1.19 bits per heavy atom. The summed E-state index contributed by atoms with van der Waals surface area (Å²) in [6, 6.07) is 12.5. The van der Waals surface area contributed by atoms with Gasteiger partial charge in [-0.1, -0.05) is 12.1 Å². The van der Waals surface area contributed by atoms with E-state index < -0.39 is 0 Å². The fourth-order valence-electron chi connectivity index (χ4n) is 3.50. The minimum atomic E-state index is -0.190. The molecule has 0 atom stereocenters. The lowest BCUT2D eigenvalue weighted by atomic mass is 10.1. The third kappa shape index (κ3) is 8.50. The molecule has 32 heavy (non-hydrogen) atoms. The molecule has 3 rings (SSSR count). The molecule has 7 nitrogen and oxygen atoms in total. The van der Waals surface area contributed by atoms with E-state index in [-0.39, 0.29) is 36.0 Å². The second kappa shape index (κ2) is 13.5. The Morgan fingerprint density at radius 3 is 2.50 bits per heavy atom. The molecule has 1 aromatic heterocycles. The number of guanidine groups is 1. The van der Waals surface area contributed by atoms with E-state index in [0.29, 0.717) is 12.6 Å². The summed E-state index contributed by atoms with van der Waals surface area (Å²) in [4.78, 5) is 19.0. The van der Waals surface area contributed by atoms with E-state index in [1.54, 1.807) is 0 Å². The SMILES string of the molecule is CCNC(=NCc1ccc(NC(=O)NC(C)C)cc1)NC1CCN(c2cccs2)CC1.I. The molecule has 9 heteroatoms. The van der Waals surface area contributed by atoms with Crippen molar-refractivity contribution in [3.05, 3.63) is 47.3 Å². The van der Waals surface area contributed by atoms with Gasteiger partial charge in [-0.3, -0.25) is 0 Å². The number of benzene rings is 1. The fourth-order valence-corrected chi connectivity index (χ4v) is 4.29. The zero-order valence-electron chi connectivity index (χ0n) is 19.1. The number of piperidine rings is 1.